The first-order valence-electron chi connectivity index (χ1n) is 5.71. The van der Waals surface area contributed by atoms with Crippen LogP contribution in [0.2, 0.25) is 0 Å². The number of ether oxygens (including phenoxy) is 2. The van der Waals surface area contributed by atoms with E-state index in [1.54, 1.807) is 13.3 Å². The van der Waals surface area contributed by atoms with Gasteiger partial charge in [0.25, 0.3) is 0 Å². The Morgan fingerprint density at radius 1 is 1.38 bits per heavy atom. The molecule has 0 saturated heterocycles. The Hall–Kier alpha value is -1.07. The predicted molar refractivity (Wildman–Crippen MR) is 62.8 cm³/mol. The van der Waals surface area contributed by atoms with Crippen LogP contribution in [0.3, 0.4) is 0 Å². The molecular weight excluding hydrogens is 206 g/mol. The molecule has 5 nitrogen and oxygen atoms in total. The molecule has 0 bridgehead atoms. The fourth-order valence-corrected chi connectivity index (χ4v) is 1.28. The second kappa shape index (κ2) is 8.13. The quantitative estimate of drug-likeness (QED) is 0.637. The molecule has 0 aromatic carbocycles. The highest BCUT2D eigenvalue weighted by molar-refractivity contribution is 5.11. The van der Waals surface area contributed by atoms with E-state index in [1.807, 2.05) is 10.9 Å². The molecule has 5 heteroatoms. The number of rotatable bonds is 9. The fourth-order valence-electron chi connectivity index (χ4n) is 1.28. The predicted octanol–water partition coefficient (Wildman–Crippen LogP) is 0.908. The van der Waals surface area contributed by atoms with Gasteiger partial charge in [0.2, 0.25) is 0 Å². The normalized spacial score (nSPS) is 10.6. The van der Waals surface area contributed by atoms with E-state index in [0.29, 0.717) is 0 Å². The highest BCUT2D eigenvalue weighted by atomic mass is 16.5. The molecule has 0 aliphatic rings. The van der Waals surface area contributed by atoms with Crippen LogP contribution in [0, 0.1) is 0 Å². The number of nitrogens with one attached hydrogen (secondary N) is 1. The lowest BCUT2D eigenvalue weighted by Gasteiger charge is -2.04. The van der Waals surface area contributed by atoms with Gasteiger partial charge in [-0.15, -0.1) is 0 Å². The summed E-state index contributed by atoms with van der Waals surface area (Å²) in [6, 6.07) is 0. The first-order valence-corrected chi connectivity index (χ1v) is 5.71. The summed E-state index contributed by atoms with van der Waals surface area (Å²) in [6.07, 6.45) is 4.65. The second-order valence-electron chi connectivity index (χ2n) is 3.48. The van der Waals surface area contributed by atoms with Crippen LogP contribution in [0.4, 0.5) is 0 Å². The number of hydrogen-bond donors (Lipinski definition) is 1. The van der Waals surface area contributed by atoms with Crippen molar-refractivity contribution < 1.29 is 9.47 Å². The first kappa shape index (κ1) is 13.0. The Morgan fingerprint density at radius 3 is 2.94 bits per heavy atom. The van der Waals surface area contributed by atoms with E-state index in [2.05, 4.69) is 17.3 Å². The number of methoxy groups -OCH3 is 1. The summed E-state index contributed by atoms with van der Waals surface area (Å²) in [7, 11) is 1.70. The Balaban J connectivity index is 1.98. The summed E-state index contributed by atoms with van der Waals surface area (Å²) in [5.41, 5.74) is 0. The zero-order chi connectivity index (χ0) is 11.6. The van der Waals surface area contributed by atoms with Crippen molar-refractivity contribution in [1.82, 2.24) is 15.1 Å². The summed E-state index contributed by atoms with van der Waals surface area (Å²) in [5, 5.41) is 7.40. The minimum absolute atomic E-state index is 0.718. The third-order valence-corrected chi connectivity index (χ3v) is 2.18. The third kappa shape index (κ3) is 5.14. The van der Waals surface area contributed by atoms with Crippen LogP contribution in [0.1, 0.15) is 13.3 Å². The molecule has 0 amide bonds. The average molecular weight is 227 g/mol. The van der Waals surface area contributed by atoms with Crippen molar-refractivity contribution in [2.75, 3.05) is 33.4 Å². The van der Waals surface area contributed by atoms with Crippen molar-refractivity contribution in [2.45, 2.75) is 19.9 Å². The lowest BCUT2D eigenvalue weighted by atomic mass is 10.4. The van der Waals surface area contributed by atoms with Crippen LogP contribution in [-0.2, 0) is 11.3 Å². The van der Waals surface area contributed by atoms with Crippen molar-refractivity contribution in [3.63, 3.8) is 0 Å². The molecule has 92 valence electrons. The number of aryl methyl sites for hydroxylation is 1. The van der Waals surface area contributed by atoms with Gasteiger partial charge in [-0.05, 0) is 19.9 Å². The third-order valence-electron chi connectivity index (χ3n) is 2.18. The van der Waals surface area contributed by atoms with Crippen molar-refractivity contribution in [3.8, 4) is 5.75 Å². The summed E-state index contributed by atoms with van der Waals surface area (Å²) < 4.78 is 12.3. The van der Waals surface area contributed by atoms with Crippen LogP contribution in [0.25, 0.3) is 0 Å². The standard InChI is InChI=1S/C11H21N3O2/c1-3-14-10-11(9-13-14)16-7-4-5-12-6-8-15-2/h9-10,12H,3-8H2,1-2H3. The summed E-state index contributed by atoms with van der Waals surface area (Å²) >= 11 is 0. The SMILES string of the molecule is CCn1cc(OCCCNCCOC)cn1. The van der Waals surface area contributed by atoms with Gasteiger partial charge in [0.15, 0.2) is 5.75 Å². The molecule has 1 N–H and O–H groups in total. The molecule has 1 heterocycles. The van der Waals surface area contributed by atoms with Gasteiger partial charge in [-0.25, -0.2) is 0 Å². The van der Waals surface area contributed by atoms with E-state index in [-0.39, 0.29) is 0 Å². The molecular formula is C11H21N3O2. The minimum atomic E-state index is 0.718. The van der Waals surface area contributed by atoms with Gasteiger partial charge >= 0.3 is 0 Å². The molecule has 1 rings (SSSR count). The first-order chi connectivity index (χ1) is 7.86. The molecule has 0 aliphatic carbocycles. The smallest absolute Gasteiger partial charge is 0.157 e. The molecule has 0 spiro atoms. The minimum Gasteiger partial charge on any atom is -0.490 e. The molecule has 0 saturated carbocycles. The van der Waals surface area contributed by atoms with Gasteiger partial charge in [0.05, 0.1) is 25.6 Å². The molecule has 0 aliphatic heterocycles. The summed E-state index contributed by atoms with van der Waals surface area (Å²) in [5.74, 6) is 0.846. The Labute approximate surface area is 96.7 Å². The summed E-state index contributed by atoms with van der Waals surface area (Å²) in [6.45, 7) is 6.24. The molecule has 0 unspecified atom stereocenters. The van der Waals surface area contributed by atoms with Crippen LogP contribution in [-0.4, -0.2) is 43.2 Å². The van der Waals surface area contributed by atoms with Gasteiger partial charge in [0.1, 0.15) is 0 Å². The second-order valence-corrected chi connectivity index (χ2v) is 3.48. The van der Waals surface area contributed by atoms with Gasteiger partial charge < -0.3 is 14.8 Å². The zero-order valence-corrected chi connectivity index (χ0v) is 10.1. The highest BCUT2D eigenvalue weighted by Crippen LogP contribution is 2.07. The van der Waals surface area contributed by atoms with Crippen LogP contribution in [0.5, 0.6) is 5.75 Å². The Morgan fingerprint density at radius 2 is 2.25 bits per heavy atom. The van der Waals surface area contributed by atoms with Crippen LogP contribution >= 0.6 is 0 Å². The van der Waals surface area contributed by atoms with Gasteiger partial charge in [-0.3, -0.25) is 4.68 Å². The van der Waals surface area contributed by atoms with Crippen molar-refractivity contribution >= 4 is 0 Å². The number of aromatic nitrogens is 2. The van der Waals surface area contributed by atoms with Gasteiger partial charge in [-0.2, -0.15) is 5.10 Å². The maximum atomic E-state index is 5.54. The maximum absolute atomic E-state index is 5.54. The molecule has 1 aromatic rings. The Bertz CT molecular complexity index is 276. The van der Waals surface area contributed by atoms with Crippen molar-refractivity contribution in [1.29, 1.82) is 0 Å². The Kier molecular flexibility index (Phi) is 6.60. The van der Waals surface area contributed by atoms with E-state index in [4.69, 9.17) is 9.47 Å². The van der Waals surface area contributed by atoms with E-state index in [1.165, 1.54) is 0 Å². The largest absolute Gasteiger partial charge is 0.490 e. The molecule has 0 atom stereocenters. The molecule has 1 aromatic heterocycles. The van der Waals surface area contributed by atoms with E-state index in [0.717, 1.165) is 45.0 Å². The molecule has 0 fully saturated rings. The van der Waals surface area contributed by atoms with Crippen molar-refractivity contribution in [2.24, 2.45) is 0 Å². The van der Waals surface area contributed by atoms with E-state index in [9.17, 15) is 0 Å². The van der Waals surface area contributed by atoms with Crippen LogP contribution in [0.15, 0.2) is 12.4 Å². The lowest BCUT2D eigenvalue weighted by Crippen LogP contribution is -2.21. The highest BCUT2D eigenvalue weighted by Gasteiger charge is 1.97. The van der Waals surface area contributed by atoms with E-state index < -0.39 is 0 Å². The monoisotopic (exact) mass is 227 g/mol. The lowest BCUT2D eigenvalue weighted by molar-refractivity contribution is 0.198. The number of hydrogen-bond acceptors (Lipinski definition) is 4. The van der Waals surface area contributed by atoms with Gasteiger partial charge in [-0.1, -0.05) is 0 Å². The van der Waals surface area contributed by atoms with Crippen LogP contribution < -0.4 is 10.1 Å². The molecule has 0 radical (unpaired) electrons. The molecule has 16 heavy (non-hydrogen) atoms. The van der Waals surface area contributed by atoms with Crippen molar-refractivity contribution in [3.05, 3.63) is 12.4 Å². The number of nitrogens with zero attached hydrogens (tertiary/aromatic N) is 2. The maximum Gasteiger partial charge on any atom is 0.157 e. The van der Waals surface area contributed by atoms with Gasteiger partial charge in [0, 0.05) is 20.2 Å². The fraction of sp³-hybridized carbons (Fsp3) is 0.727. The zero-order valence-electron chi connectivity index (χ0n) is 10.1. The summed E-state index contributed by atoms with van der Waals surface area (Å²) in [4.78, 5) is 0. The van der Waals surface area contributed by atoms with E-state index >= 15 is 0 Å². The topological polar surface area (TPSA) is 48.3 Å². The average Bonchev–Trinajstić information content (AvgIpc) is 2.76.